The summed E-state index contributed by atoms with van der Waals surface area (Å²) in [5, 5.41) is 0. The van der Waals surface area contributed by atoms with E-state index in [2.05, 4.69) is 4.98 Å². The van der Waals surface area contributed by atoms with Crippen molar-refractivity contribution in [3.8, 4) is 0 Å². The molecule has 1 fully saturated rings. The Morgan fingerprint density at radius 2 is 2.54 bits per heavy atom. The first kappa shape index (κ1) is 9.21. The van der Waals surface area contributed by atoms with E-state index in [1.54, 1.807) is 18.0 Å². The fraction of sp³-hybridized carbons (Fsp3) is 0.444. The van der Waals surface area contributed by atoms with Gasteiger partial charge in [-0.25, -0.2) is 0 Å². The Morgan fingerprint density at radius 1 is 1.62 bits per heavy atom. The number of rotatable bonds is 1. The first-order chi connectivity index (χ1) is 6.38. The second-order valence-corrected chi connectivity index (χ2v) is 6.08. The van der Waals surface area contributed by atoms with Crippen LogP contribution in [0, 0.1) is 0 Å². The molecule has 13 heavy (non-hydrogen) atoms. The summed E-state index contributed by atoms with van der Waals surface area (Å²) in [6, 6.07) is 3.91. The summed E-state index contributed by atoms with van der Waals surface area (Å²) < 4.78 is 11.8. The molecular weight excluding hydrogens is 202 g/mol. The molecule has 1 saturated heterocycles. The van der Waals surface area contributed by atoms with Crippen molar-refractivity contribution in [2.24, 2.45) is 0 Å². The third-order valence-corrected chi connectivity index (χ3v) is 5.55. The summed E-state index contributed by atoms with van der Waals surface area (Å²) in [6.45, 7) is 0. The number of nitrogens with zero attached hydrogens (tertiary/aromatic N) is 1. The van der Waals surface area contributed by atoms with Gasteiger partial charge in [-0.05, 0) is 23.8 Å². The van der Waals surface area contributed by atoms with Crippen molar-refractivity contribution < 1.29 is 4.21 Å². The average molecular weight is 213 g/mol. The molecule has 0 unspecified atom stereocenters. The zero-order chi connectivity index (χ0) is 9.10. The molecule has 2 rings (SSSR count). The van der Waals surface area contributed by atoms with E-state index in [0.29, 0.717) is 0 Å². The topological polar surface area (TPSA) is 30.0 Å². The molecule has 4 heteroatoms. The molecule has 0 aliphatic carbocycles. The molecule has 0 bridgehead atoms. The van der Waals surface area contributed by atoms with E-state index in [-0.39, 0.29) is 4.58 Å². The van der Waals surface area contributed by atoms with Crippen LogP contribution in [0.3, 0.4) is 0 Å². The maximum atomic E-state index is 11.7. The zero-order valence-corrected chi connectivity index (χ0v) is 8.81. The summed E-state index contributed by atoms with van der Waals surface area (Å²) in [4.78, 5) is 4.05. The van der Waals surface area contributed by atoms with Crippen molar-refractivity contribution in [1.29, 1.82) is 0 Å². The Bertz CT molecular complexity index is 302. The maximum absolute atomic E-state index is 11.7. The molecule has 0 aromatic carbocycles. The highest BCUT2D eigenvalue weighted by Gasteiger charge is 2.22. The highest BCUT2D eigenvalue weighted by Crippen LogP contribution is 2.35. The standard InChI is InChI=1S/C9H11NOS2/c11-13-6-2-5-12-9(13)8-3-1-4-10-7-8/h1,3-4,7,9H,2,5-6H2/t9-,13-/m1/s1. The Kier molecular flexibility index (Phi) is 3.01. The van der Waals surface area contributed by atoms with Crippen LogP contribution in [0.25, 0.3) is 0 Å². The lowest BCUT2D eigenvalue weighted by molar-refractivity contribution is 0.679. The maximum Gasteiger partial charge on any atom is 0.106 e. The van der Waals surface area contributed by atoms with Crippen LogP contribution < -0.4 is 0 Å². The highest BCUT2D eigenvalue weighted by molar-refractivity contribution is 8.11. The van der Waals surface area contributed by atoms with Gasteiger partial charge < -0.3 is 0 Å². The summed E-state index contributed by atoms with van der Waals surface area (Å²) in [6.07, 6.45) is 4.65. The number of pyridine rings is 1. The second-order valence-electron chi connectivity index (χ2n) is 2.93. The van der Waals surface area contributed by atoms with Gasteiger partial charge in [-0.1, -0.05) is 6.07 Å². The summed E-state index contributed by atoms with van der Waals surface area (Å²) in [5.41, 5.74) is 1.10. The third-order valence-electron chi connectivity index (χ3n) is 1.95. The summed E-state index contributed by atoms with van der Waals surface area (Å²) in [5.74, 6) is 1.96. The number of thioether (sulfide) groups is 1. The minimum Gasteiger partial charge on any atom is -0.264 e. The van der Waals surface area contributed by atoms with Gasteiger partial charge in [0.1, 0.15) is 4.58 Å². The van der Waals surface area contributed by atoms with Crippen molar-refractivity contribution in [3.05, 3.63) is 30.1 Å². The van der Waals surface area contributed by atoms with Gasteiger partial charge in [-0.15, -0.1) is 11.8 Å². The lowest BCUT2D eigenvalue weighted by Crippen LogP contribution is -2.13. The van der Waals surface area contributed by atoms with Gasteiger partial charge in [0.25, 0.3) is 0 Å². The average Bonchev–Trinajstić information content (AvgIpc) is 2.20. The molecule has 2 atom stereocenters. The van der Waals surface area contributed by atoms with Crippen LogP contribution in [0.5, 0.6) is 0 Å². The first-order valence-electron chi connectivity index (χ1n) is 4.26. The quantitative estimate of drug-likeness (QED) is 0.714. The third kappa shape index (κ3) is 2.11. The van der Waals surface area contributed by atoms with Crippen LogP contribution in [-0.2, 0) is 10.8 Å². The molecular formula is C9H11NOS2. The molecule has 2 nitrogen and oxygen atoms in total. The van der Waals surface area contributed by atoms with Crippen LogP contribution in [0.2, 0.25) is 0 Å². The fourth-order valence-electron chi connectivity index (χ4n) is 1.34. The fourth-order valence-corrected chi connectivity index (χ4v) is 4.65. The van der Waals surface area contributed by atoms with Gasteiger partial charge >= 0.3 is 0 Å². The predicted molar refractivity (Wildman–Crippen MR) is 57.1 cm³/mol. The van der Waals surface area contributed by atoms with Gasteiger partial charge in [0.05, 0.1) is 0 Å². The van der Waals surface area contributed by atoms with Gasteiger partial charge in [0, 0.05) is 28.9 Å². The van der Waals surface area contributed by atoms with Crippen LogP contribution in [0.1, 0.15) is 16.6 Å². The zero-order valence-electron chi connectivity index (χ0n) is 7.18. The Balaban J connectivity index is 2.20. The molecule has 0 spiro atoms. The van der Waals surface area contributed by atoms with E-state index in [1.165, 1.54) is 0 Å². The van der Waals surface area contributed by atoms with Crippen molar-refractivity contribution in [2.75, 3.05) is 11.5 Å². The minimum atomic E-state index is -0.706. The Hall–Kier alpha value is -0.350. The first-order valence-corrected chi connectivity index (χ1v) is 6.70. The molecule has 70 valence electrons. The van der Waals surface area contributed by atoms with E-state index in [4.69, 9.17) is 0 Å². The summed E-state index contributed by atoms with van der Waals surface area (Å²) in [7, 11) is -0.706. The predicted octanol–water partition coefficient (Wildman–Crippen LogP) is 1.97. The van der Waals surface area contributed by atoms with E-state index < -0.39 is 10.8 Å². The van der Waals surface area contributed by atoms with Gasteiger partial charge in [0.15, 0.2) is 0 Å². The number of aromatic nitrogens is 1. The molecule has 1 aliphatic rings. The molecule has 0 saturated carbocycles. The van der Waals surface area contributed by atoms with Gasteiger partial charge in [0.2, 0.25) is 0 Å². The lowest BCUT2D eigenvalue weighted by atomic mass is 10.3. The number of hydrogen-bond donors (Lipinski definition) is 0. The van der Waals surface area contributed by atoms with Crippen LogP contribution in [-0.4, -0.2) is 20.7 Å². The smallest absolute Gasteiger partial charge is 0.106 e. The summed E-state index contributed by atoms with van der Waals surface area (Å²) >= 11 is 1.78. The monoisotopic (exact) mass is 213 g/mol. The van der Waals surface area contributed by atoms with Crippen LogP contribution >= 0.6 is 11.8 Å². The van der Waals surface area contributed by atoms with E-state index in [0.717, 1.165) is 23.5 Å². The second kappa shape index (κ2) is 4.24. The van der Waals surface area contributed by atoms with E-state index in [1.807, 2.05) is 18.3 Å². The molecule has 1 aromatic heterocycles. The Labute approximate surface area is 84.6 Å². The van der Waals surface area contributed by atoms with Crippen LogP contribution in [0.15, 0.2) is 24.5 Å². The van der Waals surface area contributed by atoms with Crippen molar-refractivity contribution in [1.82, 2.24) is 4.98 Å². The normalized spacial score (nSPS) is 28.6. The highest BCUT2D eigenvalue weighted by atomic mass is 32.2. The molecule has 2 heterocycles. The molecule has 0 N–H and O–H groups in total. The SMILES string of the molecule is O=[S@@]1CCCS[C@H]1c1cccnc1. The lowest BCUT2D eigenvalue weighted by Gasteiger charge is -2.20. The molecule has 0 radical (unpaired) electrons. The Morgan fingerprint density at radius 3 is 3.23 bits per heavy atom. The van der Waals surface area contributed by atoms with Gasteiger partial charge in [-0.3, -0.25) is 9.19 Å². The van der Waals surface area contributed by atoms with Crippen molar-refractivity contribution in [2.45, 2.75) is 11.0 Å². The van der Waals surface area contributed by atoms with Crippen molar-refractivity contribution >= 4 is 22.6 Å². The van der Waals surface area contributed by atoms with Gasteiger partial charge in [-0.2, -0.15) is 0 Å². The van der Waals surface area contributed by atoms with E-state index >= 15 is 0 Å². The molecule has 0 amide bonds. The minimum absolute atomic E-state index is 0.155. The largest absolute Gasteiger partial charge is 0.264 e. The van der Waals surface area contributed by atoms with Crippen molar-refractivity contribution in [3.63, 3.8) is 0 Å². The van der Waals surface area contributed by atoms with Crippen LogP contribution in [0.4, 0.5) is 0 Å². The molecule has 1 aliphatic heterocycles. The molecule has 1 aromatic rings. The number of hydrogen-bond acceptors (Lipinski definition) is 3. The van der Waals surface area contributed by atoms with E-state index in [9.17, 15) is 4.21 Å².